The van der Waals surface area contributed by atoms with Gasteiger partial charge in [0.15, 0.2) is 0 Å². The zero-order valence-corrected chi connectivity index (χ0v) is 13.0. The lowest BCUT2D eigenvalue weighted by molar-refractivity contribution is 0.615. The van der Waals surface area contributed by atoms with E-state index >= 15 is 0 Å². The summed E-state index contributed by atoms with van der Waals surface area (Å²) in [5, 5.41) is 1.03. The third kappa shape index (κ3) is 2.75. The number of hydrogen-bond acceptors (Lipinski definition) is 2. The molecule has 0 atom stereocenters. The van der Waals surface area contributed by atoms with Crippen LogP contribution in [0.4, 0.5) is 5.69 Å². The van der Waals surface area contributed by atoms with Crippen molar-refractivity contribution in [1.82, 2.24) is 0 Å². The van der Waals surface area contributed by atoms with Gasteiger partial charge in [-0.25, -0.2) is 0 Å². The van der Waals surface area contributed by atoms with E-state index in [9.17, 15) is 4.80 Å². The van der Waals surface area contributed by atoms with E-state index in [2.05, 4.69) is 57.2 Å². The van der Waals surface area contributed by atoms with Crippen molar-refractivity contribution in [1.29, 1.82) is 0 Å². The Balaban J connectivity index is 3.25. The first-order valence-electron chi connectivity index (χ1n) is 5.52. The van der Waals surface area contributed by atoms with Crippen molar-refractivity contribution in [2.24, 2.45) is 0 Å². The number of anilines is 1. The first-order chi connectivity index (χ1) is 7.27. The molecule has 0 saturated carbocycles. The molecule has 1 aromatic carbocycles. The van der Waals surface area contributed by atoms with Gasteiger partial charge in [-0.2, -0.15) is 0 Å². The van der Waals surface area contributed by atoms with Gasteiger partial charge in [0, 0.05) is 5.69 Å². The molecular formula is C12H21NOSi2. The summed E-state index contributed by atoms with van der Waals surface area (Å²) < 4.78 is 2.43. The van der Waals surface area contributed by atoms with Crippen LogP contribution < -0.4 is 9.75 Å². The monoisotopic (exact) mass is 251 g/mol. The van der Waals surface area contributed by atoms with Crippen LogP contribution in [0.2, 0.25) is 19.6 Å². The number of aryl methyl sites for hydroxylation is 2. The van der Waals surface area contributed by atoms with Gasteiger partial charge in [0.1, 0.15) is 8.24 Å². The van der Waals surface area contributed by atoms with Gasteiger partial charge in [0.2, 0.25) is 0 Å². The molecule has 0 bridgehead atoms. The predicted molar refractivity (Wildman–Crippen MR) is 75.3 cm³/mol. The van der Waals surface area contributed by atoms with E-state index in [0.717, 1.165) is 5.19 Å². The van der Waals surface area contributed by atoms with Crippen molar-refractivity contribution in [3.63, 3.8) is 0 Å². The molecule has 0 fully saturated rings. The molecule has 1 aromatic rings. The van der Waals surface area contributed by atoms with Crippen LogP contribution >= 0.6 is 0 Å². The molecule has 16 heavy (non-hydrogen) atoms. The maximum absolute atomic E-state index is 9.20. The molecule has 2 nitrogen and oxygen atoms in total. The van der Waals surface area contributed by atoms with Gasteiger partial charge in [-0.05, 0) is 37.2 Å². The van der Waals surface area contributed by atoms with Crippen molar-refractivity contribution < 1.29 is 4.80 Å². The highest BCUT2D eigenvalue weighted by Gasteiger charge is 2.23. The summed E-state index contributed by atoms with van der Waals surface area (Å²) in [7, 11) is 0.757. The highest BCUT2D eigenvalue weighted by molar-refractivity contribution is 6.79. The van der Waals surface area contributed by atoms with Gasteiger partial charge in [-0.3, -0.25) is 0 Å². The van der Waals surface area contributed by atoms with Crippen molar-refractivity contribution in [3.8, 4) is 0 Å². The van der Waals surface area contributed by atoms with Crippen LogP contribution in [-0.2, 0) is 0 Å². The highest BCUT2D eigenvalue weighted by atomic mass is 28.3. The fraction of sp³-hybridized carbons (Fsp3) is 0.500. The van der Waals surface area contributed by atoms with Crippen LogP contribution in [0.1, 0.15) is 11.1 Å². The third-order valence-electron chi connectivity index (χ3n) is 2.96. The maximum atomic E-state index is 9.20. The molecule has 0 aliphatic rings. The van der Waals surface area contributed by atoms with E-state index in [1.54, 1.807) is 0 Å². The summed E-state index contributed by atoms with van der Waals surface area (Å²) in [6.45, 7) is 11.3. The Kier molecular flexibility index (Phi) is 3.99. The van der Waals surface area contributed by atoms with Gasteiger partial charge in [-0.1, -0.05) is 31.8 Å². The molecule has 88 valence electrons. The minimum absolute atomic E-state index is 0.108. The first kappa shape index (κ1) is 13.5. The van der Waals surface area contributed by atoms with E-state index in [4.69, 9.17) is 0 Å². The smallest absolute Gasteiger partial charge is 0.265 e. The number of benzene rings is 1. The van der Waals surface area contributed by atoms with E-state index in [0.29, 0.717) is 0 Å². The molecule has 1 N–H and O–H groups in total. The van der Waals surface area contributed by atoms with Gasteiger partial charge in [0.25, 0.3) is 9.76 Å². The Bertz CT molecular complexity index is 362. The Morgan fingerprint density at radius 2 is 1.56 bits per heavy atom. The number of rotatable bonds is 3. The molecule has 0 spiro atoms. The maximum Gasteiger partial charge on any atom is 0.265 e. The lowest BCUT2D eigenvalue weighted by atomic mass is 10.1. The zero-order valence-electron chi connectivity index (χ0n) is 11.0. The lowest BCUT2D eigenvalue weighted by Gasteiger charge is -2.35. The molecule has 4 heteroatoms. The van der Waals surface area contributed by atoms with Gasteiger partial charge < -0.3 is 9.36 Å². The third-order valence-corrected chi connectivity index (χ3v) is 5.74. The van der Waals surface area contributed by atoms with Crippen LogP contribution in [0.25, 0.3) is 0 Å². The van der Waals surface area contributed by atoms with Gasteiger partial charge in [0.05, 0.1) is 0 Å². The molecule has 0 aliphatic carbocycles. The Morgan fingerprint density at radius 1 is 1.12 bits per heavy atom. The minimum Gasteiger partial charge on any atom is -0.428 e. The Hall–Kier alpha value is -0.586. The normalized spacial score (nSPS) is 11.7. The van der Waals surface area contributed by atoms with Gasteiger partial charge >= 0.3 is 0 Å². The summed E-state index contributed by atoms with van der Waals surface area (Å²) in [5.41, 5.74) is 3.86. The molecule has 0 aliphatic heterocycles. The largest absolute Gasteiger partial charge is 0.428 e. The molecule has 0 amide bonds. The molecule has 0 saturated heterocycles. The van der Waals surface area contributed by atoms with Crippen LogP contribution in [0.3, 0.4) is 0 Å². The van der Waals surface area contributed by atoms with E-state index < -0.39 is 8.24 Å². The molecule has 0 aromatic heterocycles. The van der Waals surface area contributed by atoms with Crippen LogP contribution in [0, 0.1) is 13.8 Å². The summed E-state index contributed by atoms with van der Waals surface area (Å²) in [5.74, 6) is 0. The van der Waals surface area contributed by atoms with Crippen LogP contribution in [0.15, 0.2) is 12.1 Å². The van der Waals surface area contributed by atoms with E-state index in [1.807, 2.05) is 0 Å². The molecule has 0 heterocycles. The second kappa shape index (κ2) is 4.73. The van der Waals surface area contributed by atoms with E-state index in [-0.39, 0.29) is 9.76 Å². The number of nitrogens with zero attached hydrogens (tertiary/aromatic N) is 1. The minimum atomic E-state index is -1.32. The summed E-state index contributed by atoms with van der Waals surface area (Å²) >= 11 is 0. The predicted octanol–water partition coefficient (Wildman–Crippen LogP) is 1.81. The van der Waals surface area contributed by atoms with Crippen LogP contribution in [-0.4, -0.2) is 29.8 Å². The summed E-state index contributed by atoms with van der Waals surface area (Å²) in [6, 6.07) is 4.19. The second-order valence-electron chi connectivity index (χ2n) is 5.30. The van der Waals surface area contributed by atoms with Gasteiger partial charge in [-0.15, -0.1) is 0 Å². The zero-order chi connectivity index (χ0) is 12.5. The standard InChI is InChI=1S/C12H21NOSi2/c1-9-7-11(15-14)8-10(2)12(9)13(3)16(4,5)6/h7-8,14H,1-6H3. The topological polar surface area (TPSA) is 23.5 Å². The van der Waals surface area contributed by atoms with Crippen molar-refractivity contribution in [2.75, 3.05) is 11.6 Å². The quantitative estimate of drug-likeness (QED) is 0.828. The van der Waals surface area contributed by atoms with Crippen molar-refractivity contribution >= 4 is 28.9 Å². The highest BCUT2D eigenvalue weighted by Crippen LogP contribution is 2.26. The second-order valence-corrected chi connectivity index (χ2v) is 11.1. The Morgan fingerprint density at radius 3 is 1.88 bits per heavy atom. The summed E-state index contributed by atoms with van der Waals surface area (Å²) in [4.78, 5) is 9.20. The number of hydrogen-bond donors (Lipinski definition) is 1. The summed E-state index contributed by atoms with van der Waals surface area (Å²) in [6.07, 6.45) is 0. The average Bonchev–Trinajstić information content (AvgIpc) is 2.14. The SMILES string of the molecule is Cc1cc([Si]O)cc(C)c1N(C)[Si](C)(C)C. The van der Waals surface area contributed by atoms with Crippen molar-refractivity contribution in [2.45, 2.75) is 33.5 Å². The molecule has 0 unspecified atom stereocenters. The fourth-order valence-corrected chi connectivity index (χ4v) is 3.47. The fourth-order valence-electron chi connectivity index (χ4n) is 1.88. The molecule has 1 rings (SSSR count). The molecule has 2 radical (unpaired) electrons. The molecular weight excluding hydrogens is 230 g/mol. The van der Waals surface area contributed by atoms with E-state index in [1.165, 1.54) is 16.8 Å². The average molecular weight is 251 g/mol. The van der Waals surface area contributed by atoms with Crippen molar-refractivity contribution in [3.05, 3.63) is 23.3 Å². The first-order valence-corrected chi connectivity index (χ1v) is 9.92. The lowest BCUT2D eigenvalue weighted by Crippen LogP contribution is -2.44. The van der Waals surface area contributed by atoms with Crippen LogP contribution in [0.5, 0.6) is 0 Å². The Labute approximate surface area is 102 Å².